The Bertz CT molecular complexity index is 919. The van der Waals surface area contributed by atoms with E-state index in [-0.39, 0.29) is 30.0 Å². The number of likely N-dealkylation sites (N-methyl/N-ethyl adjacent to an activating group) is 1. The van der Waals surface area contributed by atoms with Crippen molar-refractivity contribution in [2.45, 2.75) is 18.9 Å². The molecule has 0 aliphatic carbocycles. The van der Waals surface area contributed by atoms with Gasteiger partial charge in [-0.15, -0.1) is 0 Å². The van der Waals surface area contributed by atoms with Gasteiger partial charge in [-0.3, -0.25) is 14.5 Å². The second-order valence-corrected chi connectivity index (χ2v) is 6.98. The predicted molar refractivity (Wildman–Crippen MR) is 104 cm³/mol. The van der Waals surface area contributed by atoms with Gasteiger partial charge in [0.15, 0.2) is 0 Å². The van der Waals surface area contributed by atoms with Crippen LogP contribution in [0.15, 0.2) is 60.3 Å². The van der Waals surface area contributed by atoms with Gasteiger partial charge >= 0.3 is 0 Å². The maximum atomic E-state index is 13.4. The van der Waals surface area contributed by atoms with E-state index in [1.54, 1.807) is 11.9 Å². The fourth-order valence-electron chi connectivity index (χ4n) is 3.69. The number of anilines is 1. The van der Waals surface area contributed by atoms with Crippen molar-refractivity contribution < 1.29 is 18.7 Å². The second-order valence-electron chi connectivity index (χ2n) is 6.98. The molecule has 4 rings (SSSR count). The fourth-order valence-corrected chi connectivity index (χ4v) is 3.69. The lowest BCUT2D eigenvalue weighted by molar-refractivity contribution is -0.138. The van der Waals surface area contributed by atoms with Crippen LogP contribution in [0.1, 0.15) is 18.4 Å². The van der Waals surface area contributed by atoms with Crippen LogP contribution in [-0.2, 0) is 14.3 Å². The van der Waals surface area contributed by atoms with E-state index in [9.17, 15) is 14.0 Å². The quantitative estimate of drug-likeness (QED) is 0.748. The third-order valence-corrected chi connectivity index (χ3v) is 5.17. The van der Waals surface area contributed by atoms with E-state index in [1.807, 2.05) is 30.3 Å². The molecule has 2 aliphatic rings. The van der Waals surface area contributed by atoms with Crippen molar-refractivity contribution in [2.75, 3.05) is 25.1 Å². The lowest BCUT2D eigenvalue weighted by Crippen LogP contribution is -2.39. The number of carbonyl (C=O) groups is 2. The van der Waals surface area contributed by atoms with Crippen LogP contribution >= 0.6 is 0 Å². The summed E-state index contributed by atoms with van der Waals surface area (Å²) in [5, 5.41) is 0. The van der Waals surface area contributed by atoms with Crippen LogP contribution in [0.4, 0.5) is 10.1 Å². The lowest BCUT2D eigenvalue weighted by Gasteiger charge is -2.22. The zero-order valence-corrected chi connectivity index (χ0v) is 15.6. The summed E-state index contributed by atoms with van der Waals surface area (Å²) >= 11 is 0. The van der Waals surface area contributed by atoms with Crippen LogP contribution < -0.4 is 4.90 Å². The lowest BCUT2D eigenvalue weighted by atomic mass is 10.0. The van der Waals surface area contributed by atoms with Gasteiger partial charge in [0.1, 0.15) is 11.5 Å². The maximum Gasteiger partial charge on any atom is 0.278 e. The summed E-state index contributed by atoms with van der Waals surface area (Å²) in [6, 6.07) is 15.0. The minimum atomic E-state index is -0.393. The van der Waals surface area contributed by atoms with Crippen LogP contribution in [0, 0.1) is 5.82 Å². The first-order valence-electron chi connectivity index (χ1n) is 9.33. The minimum absolute atomic E-state index is 0.135. The molecule has 0 N–H and O–H groups in total. The van der Waals surface area contributed by atoms with E-state index in [1.165, 1.54) is 29.2 Å². The van der Waals surface area contributed by atoms with E-state index in [0.717, 1.165) is 18.5 Å². The predicted octanol–water partition coefficient (Wildman–Crippen LogP) is 3.22. The molecule has 2 heterocycles. The number of nitrogens with zero attached hydrogens (tertiary/aromatic N) is 2. The number of halogens is 1. The Morgan fingerprint density at radius 3 is 2.43 bits per heavy atom. The Hall–Kier alpha value is -2.99. The number of ether oxygens (including phenoxy) is 1. The molecule has 0 radical (unpaired) electrons. The monoisotopic (exact) mass is 380 g/mol. The summed E-state index contributed by atoms with van der Waals surface area (Å²) in [5.41, 5.74) is 1.89. The first-order valence-corrected chi connectivity index (χ1v) is 9.33. The molecule has 2 amide bonds. The van der Waals surface area contributed by atoms with Gasteiger partial charge in [0.25, 0.3) is 11.8 Å². The molecule has 0 bridgehead atoms. The molecule has 28 heavy (non-hydrogen) atoms. The van der Waals surface area contributed by atoms with Crippen molar-refractivity contribution in [3.8, 4) is 0 Å². The Morgan fingerprint density at radius 2 is 1.79 bits per heavy atom. The molecule has 144 valence electrons. The van der Waals surface area contributed by atoms with Gasteiger partial charge in [0.05, 0.1) is 18.2 Å². The SMILES string of the molecule is CN(C1=C(c2ccc(F)cc2)C(=O)N(CC2CCCO2)C1=O)c1ccccc1. The number of hydrogen-bond donors (Lipinski definition) is 0. The molecule has 0 spiro atoms. The minimum Gasteiger partial charge on any atom is -0.376 e. The Kier molecular flexibility index (Phi) is 4.96. The summed E-state index contributed by atoms with van der Waals surface area (Å²) in [5.74, 6) is -1.12. The van der Waals surface area contributed by atoms with Crippen molar-refractivity contribution in [1.29, 1.82) is 0 Å². The van der Waals surface area contributed by atoms with Crippen LogP contribution in [0.5, 0.6) is 0 Å². The normalized spacial score (nSPS) is 19.6. The fraction of sp³-hybridized carbons (Fsp3) is 0.273. The molecule has 2 aliphatic heterocycles. The average molecular weight is 380 g/mol. The molecular formula is C22H21FN2O3. The average Bonchev–Trinajstić information content (AvgIpc) is 3.31. The van der Waals surface area contributed by atoms with Gasteiger partial charge in [-0.2, -0.15) is 0 Å². The first-order chi connectivity index (χ1) is 13.6. The van der Waals surface area contributed by atoms with Gasteiger partial charge in [-0.25, -0.2) is 4.39 Å². The topological polar surface area (TPSA) is 49.9 Å². The van der Waals surface area contributed by atoms with E-state index in [0.29, 0.717) is 17.9 Å². The molecule has 2 aromatic rings. The van der Waals surface area contributed by atoms with Crippen LogP contribution in [0.3, 0.4) is 0 Å². The summed E-state index contributed by atoms with van der Waals surface area (Å²) in [4.78, 5) is 29.4. The number of benzene rings is 2. The zero-order valence-electron chi connectivity index (χ0n) is 15.6. The van der Waals surface area contributed by atoms with E-state index in [4.69, 9.17) is 4.74 Å². The smallest absolute Gasteiger partial charge is 0.278 e. The van der Waals surface area contributed by atoms with Crippen LogP contribution in [0.2, 0.25) is 0 Å². The second kappa shape index (κ2) is 7.56. The number of imide groups is 1. The number of hydrogen-bond acceptors (Lipinski definition) is 4. The number of para-hydroxylation sites is 1. The number of rotatable bonds is 5. The van der Waals surface area contributed by atoms with Gasteiger partial charge in [0, 0.05) is 19.3 Å². The van der Waals surface area contributed by atoms with Gasteiger partial charge < -0.3 is 9.64 Å². The van der Waals surface area contributed by atoms with Crippen molar-refractivity contribution in [1.82, 2.24) is 4.90 Å². The Labute approximate surface area is 163 Å². The molecule has 5 nitrogen and oxygen atoms in total. The summed E-state index contributed by atoms with van der Waals surface area (Å²) in [7, 11) is 1.76. The van der Waals surface area contributed by atoms with Gasteiger partial charge in [-0.1, -0.05) is 30.3 Å². The van der Waals surface area contributed by atoms with Gasteiger partial charge in [0.2, 0.25) is 0 Å². The largest absolute Gasteiger partial charge is 0.376 e. The molecule has 1 fully saturated rings. The highest BCUT2D eigenvalue weighted by atomic mass is 19.1. The number of amides is 2. The highest BCUT2D eigenvalue weighted by Gasteiger charge is 2.42. The third-order valence-electron chi connectivity index (χ3n) is 5.17. The van der Waals surface area contributed by atoms with Crippen LogP contribution in [-0.4, -0.2) is 43.0 Å². The number of carbonyl (C=O) groups excluding carboxylic acids is 2. The van der Waals surface area contributed by atoms with Crippen molar-refractivity contribution in [2.24, 2.45) is 0 Å². The van der Waals surface area contributed by atoms with E-state index in [2.05, 4.69) is 0 Å². The molecule has 0 saturated carbocycles. The summed E-state index contributed by atoms with van der Waals surface area (Å²) in [6.07, 6.45) is 1.62. The van der Waals surface area contributed by atoms with Crippen LogP contribution in [0.25, 0.3) is 5.57 Å². The highest BCUT2D eigenvalue weighted by molar-refractivity contribution is 6.36. The molecule has 1 saturated heterocycles. The summed E-state index contributed by atoms with van der Waals surface area (Å²) < 4.78 is 19.0. The molecular weight excluding hydrogens is 359 g/mol. The van der Waals surface area contributed by atoms with Crippen molar-refractivity contribution in [3.05, 3.63) is 71.7 Å². The van der Waals surface area contributed by atoms with E-state index >= 15 is 0 Å². The molecule has 2 aromatic carbocycles. The highest BCUT2D eigenvalue weighted by Crippen LogP contribution is 2.34. The molecule has 1 unspecified atom stereocenters. The first kappa shape index (κ1) is 18.4. The Morgan fingerprint density at radius 1 is 1.07 bits per heavy atom. The Balaban J connectivity index is 1.76. The maximum absolute atomic E-state index is 13.4. The van der Waals surface area contributed by atoms with Gasteiger partial charge in [-0.05, 0) is 42.7 Å². The van der Waals surface area contributed by atoms with Crippen molar-refractivity contribution >= 4 is 23.1 Å². The molecule has 0 aromatic heterocycles. The third kappa shape index (κ3) is 3.31. The van der Waals surface area contributed by atoms with Crippen molar-refractivity contribution in [3.63, 3.8) is 0 Å². The van der Waals surface area contributed by atoms with E-state index < -0.39 is 5.82 Å². The molecule has 6 heteroatoms. The zero-order chi connectivity index (χ0) is 19.7. The standard InChI is InChI=1S/C22H21FN2O3/c1-24(17-6-3-2-4-7-17)20-19(15-9-11-16(23)12-10-15)21(26)25(22(20)27)14-18-8-5-13-28-18/h2-4,6-7,9-12,18H,5,8,13-14H2,1H3. The summed E-state index contributed by atoms with van der Waals surface area (Å²) in [6.45, 7) is 0.879. The molecule has 1 atom stereocenters.